The molecule has 2 N–H and O–H groups in total. The van der Waals surface area contributed by atoms with E-state index in [4.69, 9.17) is 14.2 Å². The maximum absolute atomic E-state index is 5.50. The van der Waals surface area contributed by atoms with E-state index in [9.17, 15) is 0 Å². The van der Waals surface area contributed by atoms with Crippen molar-refractivity contribution in [3.63, 3.8) is 0 Å². The summed E-state index contributed by atoms with van der Waals surface area (Å²) in [4.78, 5) is 6.85. The molecular formula is C17H26N4O3. The summed E-state index contributed by atoms with van der Waals surface area (Å²) in [7, 11) is 3.32. The molecule has 0 unspecified atom stereocenters. The number of nitrogens with zero attached hydrogens (tertiary/aromatic N) is 2. The third kappa shape index (κ3) is 3.91. The first-order valence-corrected chi connectivity index (χ1v) is 8.37. The quantitative estimate of drug-likeness (QED) is 0.795. The Bertz CT molecular complexity index is 573. The standard InChI is InChI=1S/C17H26N4O3/c1-22-15-4-3-13(11-16(15)23-2)14(21-7-9-24-10-8-21)12-20-17-18-5-6-19-17/h3-4,11,14H,5-10,12H2,1-2H3,(H2,18,19,20)/t14-/m0/s1. The van der Waals surface area contributed by atoms with Crippen LogP contribution in [0.2, 0.25) is 0 Å². The van der Waals surface area contributed by atoms with Crippen LogP contribution in [0, 0.1) is 0 Å². The molecule has 24 heavy (non-hydrogen) atoms. The number of hydrogen-bond donors (Lipinski definition) is 2. The van der Waals surface area contributed by atoms with Crippen LogP contribution in [0.5, 0.6) is 11.5 Å². The Hall–Kier alpha value is -1.99. The van der Waals surface area contributed by atoms with Gasteiger partial charge in [-0.3, -0.25) is 9.89 Å². The highest BCUT2D eigenvalue weighted by molar-refractivity contribution is 5.81. The first-order valence-electron chi connectivity index (χ1n) is 8.37. The van der Waals surface area contributed by atoms with Crippen molar-refractivity contribution < 1.29 is 14.2 Å². The van der Waals surface area contributed by atoms with E-state index in [1.54, 1.807) is 14.2 Å². The molecular weight excluding hydrogens is 308 g/mol. The van der Waals surface area contributed by atoms with Crippen molar-refractivity contribution in [2.75, 3.05) is 60.2 Å². The largest absolute Gasteiger partial charge is 0.493 e. The molecule has 1 atom stereocenters. The zero-order chi connectivity index (χ0) is 16.8. The maximum Gasteiger partial charge on any atom is 0.191 e. The van der Waals surface area contributed by atoms with Gasteiger partial charge in [-0.25, -0.2) is 0 Å². The van der Waals surface area contributed by atoms with Gasteiger partial charge in [-0.15, -0.1) is 0 Å². The second kappa shape index (κ2) is 8.21. The molecule has 0 bridgehead atoms. The van der Waals surface area contributed by atoms with E-state index in [1.165, 1.54) is 5.56 Å². The molecule has 0 radical (unpaired) electrons. The third-order valence-corrected chi connectivity index (χ3v) is 4.42. The van der Waals surface area contributed by atoms with E-state index < -0.39 is 0 Å². The minimum Gasteiger partial charge on any atom is -0.493 e. The number of methoxy groups -OCH3 is 2. The second-order valence-electron chi connectivity index (χ2n) is 5.82. The second-order valence-corrected chi connectivity index (χ2v) is 5.82. The van der Waals surface area contributed by atoms with Gasteiger partial charge >= 0.3 is 0 Å². The highest BCUT2D eigenvalue weighted by Crippen LogP contribution is 2.32. The lowest BCUT2D eigenvalue weighted by atomic mass is 10.0. The molecule has 0 saturated carbocycles. The topological polar surface area (TPSA) is 67.4 Å². The minimum absolute atomic E-state index is 0.221. The number of morpholine rings is 1. The number of guanidine groups is 1. The highest BCUT2D eigenvalue weighted by Gasteiger charge is 2.24. The van der Waals surface area contributed by atoms with Crippen LogP contribution in [0.3, 0.4) is 0 Å². The van der Waals surface area contributed by atoms with Gasteiger partial charge in [0.15, 0.2) is 17.5 Å². The molecule has 0 aliphatic carbocycles. The lowest BCUT2D eigenvalue weighted by Gasteiger charge is -2.35. The number of aliphatic imine (C=N–C) groups is 1. The van der Waals surface area contributed by atoms with Crippen molar-refractivity contribution in [3.8, 4) is 11.5 Å². The average Bonchev–Trinajstić information content (AvgIpc) is 3.16. The molecule has 1 aromatic rings. The van der Waals surface area contributed by atoms with Gasteiger partial charge in [0.05, 0.1) is 40.0 Å². The predicted molar refractivity (Wildman–Crippen MR) is 93.0 cm³/mol. The molecule has 1 aromatic carbocycles. The van der Waals surface area contributed by atoms with E-state index in [0.29, 0.717) is 0 Å². The number of nitrogens with one attached hydrogen (secondary N) is 2. The summed E-state index contributed by atoms with van der Waals surface area (Å²) in [5.74, 6) is 2.38. The van der Waals surface area contributed by atoms with Gasteiger partial charge in [0, 0.05) is 26.2 Å². The van der Waals surface area contributed by atoms with Crippen LogP contribution in [-0.2, 0) is 4.74 Å². The Morgan fingerprint density at radius 3 is 2.71 bits per heavy atom. The molecule has 0 aromatic heterocycles. The van der Waals surface area contributed by atoms with Crippen molar-refractivity contribution in [3.05, 3.63) is 23.8 Å². The van der Waals surface area contributed by atoms with Gasteiger partial charge in [0.25, 0.3) is 0 Å². The lowest BCUT2D eigenvalue weighted by molar-refractivity contribution is 0.0169. The number of ether oxygens (including phenoxy) is 3. The Labute approximate surface area is 143 Å². The van der Waals surface area contributed by atoms with Gasteiger partial charge in [-0.1, -0.05) is 6.07 Å². The van der Waals surface area contributed by atoms with Crippen molar-refractivity contribution in [1.29, 1.82) is 0 Å². The fourth-order valence-electron chi connectivity index (χ4n) is 3.12. The summed E-state index contributed by atoms with van der Waals surface area (Å²) in [6.07, 6.45) is 0. The minimum atomic E-state index is 0.221. The lowest BCUT2D eigenvalue weighted by Crippen LogP contribution is -2.45. The van der Waals surface area contributed by atoms with Crippen LogP contribution < -0.4 is 20.1 Å². The van der Waals surface area contributed by atoms with E-state index in [0.717, 1.165) is 63.4 Å². The predicted octanol–water partition coefficient (Wildman–Crippen LogP) is 0.626. The summed E-state index contributed by atoms with van der Waals surface area (Å²) in [6.45, 7) is 5.89. The molecule has 132 valence electrons. The first-order chi connectivity index (χ1) is 11.8. The molecule has 0 spiro atoms. The molecule has 7 nitrogen and oxygen atoms in total. The fourth-order valence-corrected chi connectivity index (χ4v) is 3.12. The van der Waals surface area contributed by atoms with E-state index in [1.807, 2.05) is 6.07 Å². The molecule has 1 saturated heterocycles. The summed E-state index contributed by atoms with van der Waals surface area (Å²) in [6, 6.07) is 6.35. The average molecular weight is 334 g/mol. The zero-order valence-corrected chi connectivity index (χ0v) is 14.4. The number of benzene rings is 1. The van der Waals surface area contributed by atoms with Gasteiger partial charge in [0.2, 0.25) is 0 Å². The zero-order valence-electron chi connectivity index (χ0n) is 14.4. The van der Waals surface area contributed by atoms with Crippen LogP contribution >= 0.6 is 0 Å². The summed E-state index contributed by atoms with van der Waals surface area (Å²) >= 11 is 0. The molecule has 1 fully saturated rings. The molecule has 7 heteroatoms. The van der Waals surface area contributed by atoms with Crippen LogP contribution in [0.25, 0.3) is 0 Å². The van der Waals surface area contributed by atoms with E-state index >= 15 is 0 Å². The Morgan fingerprint density at radius 2 is 2.04 bits per heavy atom. The van der Waals surface area contributed by atoms with Crippen LogP contribution in [0.15, 0.2) is 23.2 Å². The van der Waals surface area contributed by atoms with Crippen LogP contribution in [0.4, 0.5) is 0 Å². The molecule has 2 heterocycles. The molecule has 2 aliphatic rings. The molecule has 0 amide bonds. The van der Waals surface area contributed by atoms with Crippen LogP contribution in [-0.4, -0.2) is 71.0 Å². The van der Waals surface area contributed by atoms with Crippen molar-refractivity contribution in [2.24, 2.45) is 4.99 Å². The summed E-state index contributed by atoms with van der Waals surface area (Å²) < 4.78 is 16.3. The first kappa shape index (κ1) is 16.9. The van der Waals surface area contributed by atoms with Gasteiger partial charge in [-0.05, 0) is 17.7 Å². The SMILES string of the molecule is COc1ccc([C@H](CNC2=NCCN2)N2CCOCC2)cc1OC. The number of hydrogen-bond acceptors (Lipinski definition) is 7. The molecule has 3 rings (SSSR count). The highest BCUT2D eigenvalue weighted by atomic mass is 16.5. The van der Waals surface area contributed by atoms with E-state index in [-0.39, 0.29) is 6.04 Å². The van der Waals surface area contributed by atoms with Gasteiger partial charge < -0.3 is 24.8 Å². The van der Waals surface area contributed by atoms with Gasteiger partial charge in [-0.2, -0.15) is 0 Å². The van der Waals surface area contributed by atoms with Crippen molar-refractivity contribution >= 4 is 5.96 Å². The van der Waals surface area contributed by atoms with Crippen molar-refractivity contribution in [1.82, 2.24) is 15.5 Å². The maximum atomic E-state index is 5.50. The monoisotopic (exact) mass is 334 g/mol. The van der Waals surface area contributed by atoms with Gasteiger partial charge in [0.1, 0.15) is 0 Å². The smallest absolute Gasteiger partial charge is 0.191 e. The fraction of sp³-hybridized carbons (Fsp3) is 0.588. The van der Waals surface area contributed by atoms with E-state index in [2.05, 4.69) is 32.7 Å². The normalized spacial score (nSPS) is 19.3. The molecule has 2 aliphatic heterocycles. The summed E-state index contributed by atoms with van der Waals surface area (Å²) in [5.41, 5.74) is 1.20. The van der Waals surface area contributed by atoms with Crippen LogP contribution in [0.1, 0.15) is 11.6 Å². The number of rotatable bonds is 6. The van der Waals surface area contributed by atoms with Crippen molar-refractivity contribution in [2.45, 2.75) is 6.04 Å². The Balaban J connectivity index is 1.79. The summed E-state index contributed by atoms with van der Waals surface area (Å²) in [5, 5.41) is 6.69. The Kier molecular flexibility index (Phi) is 5.77. The Morgan fingerprint density at radius 1 is 1.25 bits per heavy atom. The third-order valence-electron chi connectivity index (χ3n) is 4.42.